The molecule has 3 N–H and O–H groups in total. The maximum atomic E-state index is 12.7. The van der Waals surface area contributed by atoms with Crippen molar-refractivity contribution in [2.24, 2.45) is 0 Å². The standard InChI is InChI=1S/C45H48N8O4/c1-28-21-33(9-10-34(28)23-46-43(56)44-47-24-39(57-44)45(2,3)4)41-38-22-35(26-53(38)49-27-48-41)31-7-5-29(6-8-31)25-52-19-17-32(18-20-52)30-11-13-36(14-12-30)50-37-15-16-40(54)51-42(37)55/h5-14,21-22,24,26-27,32,37,50H,15-20,23,25H2,1-4H3,(H,46,56)(H,51,54,55). The molecule has 5 heterocycles. The van der Waals surface area contributed by atoms with Crippen LogP contribution < -0.4 is 16.0 Å². The van der Waals surface area contributed by atoms with Gasteiger partial charge in [0.2, 0.25) is 11.8 Å². The van der Waals surface area contributed by atoms with E-state index in [4.69, 9.17) is 4.42 Å². The molecule has 0 bridgehead atoms. The van der Waals surface area contributed by atoms with E-state index in [1.165, 1.54) is 11.1 Å². The second kappa shape index (κ2) is 15.8. The second-order valence-electron chi connectivity index (χ2n) is 16.3. The molecule has 0 aliphatic carbocycles. The summed E-state index contributed by atoms with van der Waals surface area (Å²) < 4.78 is 7.58. The number of rotatable bonds is 10. The van der Waals surface area contributed by atoms with Crippen LogP contribution in [0.3, 0.4) is 0 Å². The molecule has 2 aliphatic rings. The Morgan fingerprint density at radius 3 is 2.37 bits per heavy atom. The van der Waals surface area contributed by atoms with Gasteiger partial charge in [0.1, 0.15) is 18.1 Å². The van der Waals surface area contributed by atoms with Crippen LogP contribution in [0, 0.1) is 6.92 Å². The molecule has 12 nitrogen and oxygen atoms in total. The molecule has 2 aliphatic heterocycles. The van der Waals surface area contributed by atoms with E-state index in [-0.39, 0.29) is 35.1 Å². The molecule has 2 fully saturated rings. The molecule has 3 aromatic carbocycles. The minimum Gasteiger partial charge on any atom is -0.437 e. The number of anilines is 1. The lowest BCUT2D eigenvalue weighted by molar-refractivity contribution is -0.133. The van der Waals surface area contributed by atoms with E-state index in [9.17, 15) is 14.4 Å². The number of amides is 3. The number of carbonyl (C=O) groups excluding carboxylic acids is 3. The van der Waals surface area contributed by atoms with Crippen molar-refractivity contribution in [3.05, 3.63) is 125 Å². The van der Waals surface area contributed by atoms with Gasteiger partial charge in [0.15, 0.2) is 0 Å². The Labute approximate surface area is 332 Å². The predicted molar refractivity (Wildman–Crippen MR) is 218 cm³/mol. The van der Waals surface area contributed by atoms with Crippen LogP contribution in [0.2, 0.25) is 0 Å². The number of aromatic nitrogens is 4. The quantitative estimate of drug-likeness (QED) is 0.124. The lowest BCUT2D eigenvalue weighted by atomic mass is 9.89. The summed E-state index contributed by atoms with van der Waals surface area (Å²) in [4.78, 5) is 47.7. The van der Waals surface area contributed by atoms with Gasteiger partial charge in [-0.25, -0.2) is 14.5 Å². The van der Waals surface area contributed by atoms with Crippen LogP contribution in [0.15, 0.2) is 95.9 Å². The first-order valence-electron chi connectivity index (χ1n) is 19.7. The van der Waals surface area contributed by atoms with Crippen molar-refractivity contribution in [2.75, 3.05) is 18.4 Å². The third-order valence-corrected chi connectivity index (χ3v) is 11.1. The molecule has 1 unspecified atom stereocenters. The van der Waals surface area contributed by atoms with E-state index in [1.807, 2.05) is 62.7 Å². The molecule has 0 spiro atoms. The van der Waals surface area contributed by atoms with E-state index < -0.39 is 0 Å². The molecule has 12 heteroatoms. The van der Waals surface area contributed by atoms with Crippen LogP contribution >= 0.6 is 0 Å². The largest absolute Gasteiger partial charge is 0.437 e. The van der Waals surface area contributed by atoms with Crippen molar-refractivity contribution in [1.82, 2.24) is 35.1 Å². The van der Waals surface area contributed by atoms with Gasteiger partial charge >= 0.3 is 5.91 Å². The molecule has 2 saturated heterocycles. The number of hydrogen-bond acceptors (Lipinski definition) is 9. The highest BCUT2D eigenvalue weighted by Crippen LogP contribution is 2.32. The number of nitrogens with one attached hydrogen (secondary N) is 3. The summed E-state index contributed by atoms with van der Waals surface area (Å²) in [5.41, 5.74) is 10.2. The van der Waals surface area contributed by atoms with Gasteiger partial charge in [-0.15, -0.1) is 0 Å². The van der Waals surface area contributed by atoms with E-state index >= 15 is 0 Å². The average molecular weight is 765 g/mol. The number of imide groups is 1. The summed E-state index contributed by atoms with van der Waals surface area (Å²) >= 11 is 0. The Kier molecular flexibility index (Phi) is 10.5. The maximum absolute atomic E-state index is 12.7. The number of likely N-dealkylation sites (tertiary alicyclic amines) is 1. The fourth-order valence-corrected chi connectivity index (χ4v) is 7.70. The molecule has 292 valence electrons. The second-order valence-corrected chi connectivity index (χ2v) is 16.3. The van der Waals surface area contributed by atoms with Gasteiger partial charge in [0.25, 0.3) is 5.89 Å². The fourth-order valence-electron chi connectivity index (χ4n) is 7.70. The topological polar surface area (TPSA) is 147 Å². The number of fused-ring (bicyclic) bond motifs is 1. The minimum atomic E-state index is -0.375. The summed E-state index contributed by atoms with van der Waals surface area (Å²) in [5, 5.41) is 13.1. The van der Waals surface area contributed by atoms with E-state index in [1.54, 1.807) is 12.5 Å². The van der Waals surface area contributed by atoms with Gasteiger partial charge in [-0.1, -0.05) is 69.3 Å². The van der Waals surface area contributed by atoms with Crippen LogP contribution in [-0.2, 0) is 28.1 Å². The minimum absolute atomic E-state index is 0.0664. The summed E-state index contributed by atoms with van der Waals surface area (Å²) in [7, 11) is 0. The van der Waals surface area contributed by atoms with Gasteiger partial charge in [-0.2, -0.15) is 5.10 Å². The van der Waals surface area contributed by atoms with Crippen LogP contribution in [0.5, 0.6) is 0 Å². The van der Waals surface area contributed by atoms with Gasteiger partial charge in [0.05, 0.1) is 17.4 Å². The molecule has 6 aromatic rings. The molecule has 3 amide bonds. The fraction of sp³-hybridized carbons (Fsp3) is 0.333. The third kappa shape index (κ3) is 8.51. The third-order valence-electron chi connectivity index (χ3n) is 11.1. The van der Waals surface area contributed by atoms with Crippen LogP contribution in [0.4, 0.5) is 5.69 Å². The zero-order valence-electron chi connectivity index (χ0n) is 32.8. The number of nitrogens with zero attached hydrogens (tertiary/aromatic N) is 5. The van der Waals surface area contributed by atoms with Crippen molar-refractivity contribution >= 4 is 28.9 Å². The molecular weight excluding hydrogens is 717 g/mol. The molecule has 0 radical (unpaired) electrons. The summed E-state index contributed by atoms with van der Waals surface area (Å²) in [5.74, 6) is 0.442. The summed E-state index contributed by atoms with van der Waals surface area (Å²) in [6.07, 6.45) is 8.31. The van der Waals surface area contributed by atoms with Crippen molar-refractivity contribution in [3.63, 3.8) is 0 Å². The molecule has 3 aromatic heterocycles. The highest BCUT2D eigenvalue weighted by atomic mass is 16.4. The van der Waals surface area contributed by atoms with Crippen molar-refractivity contribution in [2.45, 2.75) is 83.8 Å². The molecule has 57 heavy (non-hydrogen) atoms. The molecule has 0 saturated carbocycles. The smallest absolute Gasteiger partial charge is 0.307 e. The average Bonchev–Trinajstić information content (AvgIpc) is 3.89. The first-order chi connectivity index (χ1) is 27.5. The van der Waals surface area contributed by atoms with Crippen molar-refractivity contribution in [1.29, 1.82) is 0 Å². The number of hydrogen-bond donors (Lipinski definition) is 3. The normalized spacial score (nSPS) is 16.8. The van der Waals surface area contributed by atoms with Gasteiger partial charge in [-0.3, -0.25) is 24.6 Å². The summed E-state index contributed by atoms with van der Waals surface area (Å²) in [6, 6.07) is 25.1. The number of aryl methyl sites for hydroxylation is 1. The maximum Gasteiger partial charge on any atom is 0.307 e. The molecular formula is C45H48N8O4. The van der Waals surface area contributed by atoms with Crippen LogP contribution in [0.25, 0.3) is 27.9 Å². The van der Waals surface area contributed by atoms with Gasteiger partial charge < -0.3 is 15.1 Å². The predicted octanol–water partition coefficient (Wildman–Crippen LogP) is 7.18. The number of oxazole rings is 1. The Hall–Kier alpha value is -6.14. The highest BCUT2D eigenvalue weighted by Gasteiger charge is 2.27. The zero-order chi connectivity index (χ0) is 39.7. The summed E-state index contributed by atoms with van der Waals surface area (Å²) in [6.45, 7) is 11.4. The van der Waals surface area contributed by atoms with Gasteiger partial charge in [0, 0.05) is 47.9 Å². The van der Waals surface area contributed by atoms with E-state index in [0.29, 0.717) is 31.1 Å². The lowest BCUT2D eigenvalue weighted by Crippen LogP contribution is -2.47. The van der Waals surface area contributed by atoms with Gasteiger partial charge in [-0.05, 0) is 97.3 Å². The Bertz CT molecular complexity index is 2420. The Balaban J connectivity index is 0.858. The van der Waals surface area contributed by atoms with Crippen molar-refractivity contribution < 1.29 is 18.8 Å². The lowest BCUT2D eigenvalue weighted by Gasteiger charge is -2.32. The monoisotopic (exact) mass is 764 g/mol. The zero-order valence-corrected chi connectivity index (χ0v) is 32.8. The van der Waals surface area contributed by atoms with E-state index in [0.717, 1.165) is 77.2 Å². The Morgan fingerprint density at radius 1 is 0.912 bits per heavy atom. The Morgan fingerprint density at radius 2 is 1.67 bits per heavy atom. The SMILES string of the molecule is Cc1cc(-c2ncnn3cc(-c4ccc(CN5CCC(c6ccc(NC7CCC(=O)NC7=O)cc6)CC5)cc4)cc23)ccc1CNC(=O)c1ncc(C(C)(C)C)o1. The van der Waals surface area contributed by atoms with Crippen molar-refractivity contribution in [3.8, 4) is 22.4 Å². The number of carbonyl (C=O) groups is 3. The number of benzene rings is 3. The van der Waals surface area contributed by atoms with Crippen LogP contribution in [-0.4, -0.2) is 61.3 Å². The molecule has 8 rings (SSSR count). The first-order valence-corrected chi connectivity index (χ1v) is 19.7. The van der Waals surface area contributed by atoms with Crippen LogP contribution in [0.1, 0.15) is 91.1 Å². The molecule has 1 atom stereocenters. The number of piperidine rings is 2. The van der Waals surface area contributed by atoms with E-state index in [2.05, 4.69) is 84.4 Å². The first kappa shape index (κ1) is 37.8. The highest BCUT2D eigenvalue weighted by molar-refractivity contribution is 6.01.